The van der Waals surface area contributed by atoms with E-state index in [4.69, 9.17) is 14.2 Å². The molecule has 0 aliphatic heterocycles. The van der Waals surface area contributed by atoms with Crippen molar-refractivity contribution in [2.45, 2.75) is 44.6 Å². The molecule has 4 nitrogen and oxygen atoms in total. The molecule has 0 spiro atoms. The number of nitrogens with one attached hydrogen (secondary N) is 1. The van der Waals surface area contributed by atoms with E-state index in [1.807, 2.05) is 0 Å². The molecule has 1 rings (SSSR count). The van der Waals surface area contributed by atoms with Crippen LogP contribution in [0.3, 0.4) is 0 Å². The Kier molecular flexibility index (Phi) is 10.5. The average molecular weight is 259 g/mol. The predicted octanol–water partition coefficient (Wildman–Crippen LogP) is 1.98. The van der Waals surface area contributed by atoms with Crippen molar-refractivity contribution in [2.75, 3.05) is 46.7 Å². The lowest BCUT2D eigenvalue weighted by Gasteiger charge is -2.11. The zero-order valence-electron chi connectivity index (χ0n) is 11.8. The lowest BCUT2D eigenvalue weighted by atomic mass is 10.2. The maximum absolute atomic E-state index is 5.51. The highest BCUT2D eigenvalue weighted by atomic mass is 16.5. The summed E-state index contributed by atoms with van der Waals surface area (Å²) in [5, 5.41) is 3.58. The molecule has 1 fully saturated rings. The summed E-state index contributed by atoms with van der Waals surface area (Å²) in [7, 11) is 1.71. The first kappa shape index (κ1) is 15.9. The van der Waals surface area contributed by atoms with Gasteiger partial charge in [-0.2, -0.15) is 0 Å². The molecular formula is C14H29NO3. The number of methoxy groups -OCH3 is 1. The van der Waals surface area contributed by atoms with Crippen molar-refractivity contribution in [3.8, 4) is 0 Å². The summed E-state index contributed by atoms with van der Waals surface area (Å²) in [4.78, 5) is 0. The van der Waals surface area contributed by atoms with Crippen LogP contribution in [0.25, 0.3) is 0 Å². The van der Waals surface area contributed by atoms with Crippen molar-refractivity contribution in [1.29, 1.82) is 0 Å². The van der Waals surface area contributed by atoms with Crippen molar-refractivity contribution >= 4 is 0 Å². The third kappa shape index (κ3) is 8.86. The van der Waals surface area contributed by atoms with Gasteiger partial charge in [0, 0.05) is 33.0 Å². The lowest BCUT2D eigenvalue weighted by Crippen LogP contribution is -2.27. The van der Waals surface area contributed by atoms with Gasteiger partial charge in [-0.05, 0) is 32.2 Å². The Morgan fingerprint density at radius 2 is 1.56 bits per heavy atom. The smallest absolute Gasteiger partial charge is 0.0700 e. The largest absolute Gasteiger partial charge is 0.385 e. The van der Waals surface area contributed by atoms with E-state index in [-0.39, 0.29) is 0 Å². The van der Waals surface area contributed by atoms with Gasteiger partial charge in [0.25, 0.3) is 0 Å². The summed E-state index contributed by atoms with van der Waals surface area (Å²) >= 11 is 0. The van der Waals surface area contributed by atoms with Crippen molar-refractivity contribution < 1.29 is 14.2 Å². The number of ether oxygens (including phenoxy) is 3. The Labute approximate surface area is 111 Å². The standard InChI is InChI=1S/C14H29NO3/c1-16-9-5-11-18-13-12-17-10-4-8-15-14-6-2-3-7-14/h14-15H,2-13H2,1H3. The van der Waals surface area contributed by atoms with Crippen LogP contribution in [-0.2, 0) is 14.2 Å². The van der Waals surface area contributed by atoms with Crippen molar-refractivity contribution in [1.82, 2.24) is 5.32 Å². The molecule has 0 atom stereocenters. The van der Waals surface area contributed by atoms with E-state index in [1.54, 1.807) is 7.11 Å². The Morgan fingerprint density at radius 1 is 0.889 bits per heavy atom. The van der Waals surface area contributed by atoms with Crippen LogP contribution in [0, 0.1) is 0 Å². The van der Waals surface area contributed by atoms with E-state index in [0.29, 0.717) is 13.2 Å². The topological polar surface area (TPSA) is 39.7 Å². The first-order valence-electron chi connectivity index (χ1n) is 7.31. The summed E-state index contributed by atoms with van der Waals surface area (Å²) < 4.78 is 15.8. The molecule has 18 heavy (non-hydrogen) atoms. The molecule has 1 aliphatic carbocycles. The van der Waals surface area contributed by atoms with E-state index in [9.17, 15) is 0 Å². The van der Waals surface area contributed by atoms with Gasteiger partial charge in [-0.25, -0.2) is 0 Å². The van der Waals surface area contributed by atoms with Crippen LogP contribution in [-0.4, -0.2) is 52.7 Å². The van der Waals surface area contributed by atoms with Gasteiger partial charge in [-0.3, -0.25) is 0 Å². The van der Waals surface area contributed by atoms with Crippen LogP contribution in [0.15, 0.2) is 0 Å². The van der Waals surface area contributed by atoms with Crippen LogP contribution in [0.2, 0.25) is 0 Å². The Morgan fingerprint density at radius 3 is 2.22 bits per heavy atom. The van der Waals surface area contributed by atoms with Crippen molar-refractivity contribution in [3.63, 3.8) is 0 Å². The maximum atomic E-state index is 5.51. The van der Waals surface area contributed by atoms with Gasteiger partial charge in [0.2, 0.25) is 0 Å². The second-order valence-corrected chi connectivity index (χ2v) is 4.86. The Balaban J connectivity index is 1.68. The number of rotatable bonds is 12. The first-order valence-corrected chi connectivity index (χ1v) is 7.31. The number of hydrogen-bond acceptors (Lipinski definition) is 4. The molecule has 1 saturated carbocycles. The SMILES string of the molecule is COCCCOCCOCCCNC1CCCC1. The summed E-state index contributed by atoms with van der Waals surface area (Å²) in [5.41, 5.74) is 0. The van der Waals surface area contributed by atoms with E-state index >= 15 is 0 Å². The second-order valence-electron chi connectivity index (χ2n) is 4.86. The molecule has 0 unspecified atom stereocenters. The Bertz CT molecular complexity index is 172. The van der Waals surface area contributed by atoms with Gasteiger partial charge < -0.3 is 19.5 Å². The molecule has 0 aromatic rings. The van der Waals surface area contributed by atoms with E-state index in [2.05, 4.69) is 5.32 Å². The fourth-order valence-electron chi connectivity index (χ4n) is 2.24. The van der Waals surface area contributed by atoms with Gasteiger partial charge in [-0.15, -0.1) is 0 Å². The van der Waals surface area contributed by atoms with Crippen LogP contribution in [0.5, 0.6) is 0 Å². The molecule has 4 heteroatoms. The Hall–Kier alpha value is -0.160. The van der Waals surface area contributed by atoms with E-state index in [0.717, 1.165) is 45.2 Å². The van der Waals surface area contributed by atoms with Crippen molar-refractivity contribution in [2.24, 2.45) is 0 Å². The zero-order chi connectivity index (χ0) is 12.9. The van der Waals surface area contributed by atoms with E-state index in [1.165, 1.54) is 25.7 Å². The first-order chi connectivity index (χ1) is 8.93. The molecule has 0 bridgehead atoms. The minimum atomic E-state index is 0.694. The molecule has 0 aromatic carbocycles. The average Bonchev–Trinajstić information content (AvgIpc) is 2.89. The molecular weight excluding hydrogens is 230 g/mol. The highest BCUT2D eigenvalue weighted by Crippen LogP contribution is 2.17. The second kappa shape index (κ2) is 11.9. The normalized spacial score (nSPS) is 16.5. The fraction of sp³-hybridized carbons (Fsp3) is 1.00. The molecule has 108 valence electrons. The highest BCUT2D eigenvalue weighted by molar-refractivity contribution is 4.72. The van der Waals surface area contributed by atoms with E-state index < -0.39 is 0 Å². The zero-order valence-corrected chi connectivity index (χ0v) is 11.8. The predicted molar refractivity (Wildman–Crippen MR) is 73.0 cm³/mol. The van der Waals surface area contributed by atoms with Crippen LogP contribution in [0.4, 0.5) is 0 Å². The summed E-state index contributed by atoms with van der Waals surface area (Å²) in [6, 6.07) is 0.772. The lowest BCUT2D eigenvalue weighted by molar-refractivity contribution is 0.0391. The van der Waals surface area contributed by atoms with Crippen molar-refractivity contribution in [3.05, 3.63) is 0 Å². The van der Waals surface area contributed by atoms with Crippen LogP contribution >= 0.6 is 0 Å². The highest BCUT2D eigenvalue weighted by Gasteiger charge is 2.12. The summed E-state index contributed by atoms with van der Waals surface area (Å²) in [6.45, 7) is 4.85. The molecule has 0 heterocycles. The van der Waals surface area contributed by atoms with Gasteiger partial charge in [0.05, 0.1) is 13.2 Å². The third-order valence-electron chi connectivity index (χ3n) is 3.26. The monoisotopic (exact) mass is 259 g/mol. The fourth-order valence-corrected chi connectivity index (χ4v) is 2.24. The summed E-state index contributed by atoms with van der Waals surface area (Å²) in [6.07, 6.45) is 7.57. The number of hydrogen-bond donors (Lipinski definition) is 1. The molecule has 0 radical (unpaired) electrons. The van der Waals surface area contributed by atoms with Crippen LogP contribution in [0.1, 0.15) is 38.5 Å². The molecule has 0 aromatic heterocycles. The molecule has 1 N–H and O–H groups in total. The minimum absolute atomic E-state index is 0.694. The minimum Gasteiger partial charge on any atom is -0.385 e. The van der Waals surface area contributed by atoms with Gasteiger partial charge in [-0.1, -0.05) is 12.8 Å². The van der Waals surface area contributed by atoms with Gasteiger partial charge in [0.1, 0.15) is 0 Å². The molecule has 0 amide bonds. The molecule has 1 aliphatic rings. The molecule has 0 saturated heterocycles. The van der Waals surface area contributed by atoms with Crippen LogP contribution < -0.4 is 5.32 Å². The van der Waals surface area contributed by atoms with Gasteiger partial charge >= 0.3 is 0 Å². The van der Waals surface area contributed by atoms with Gasteiger partial charge in [0.15, 0.2) is 0 Å². The third-order valence-corrected chi connectivity index (χ3v) is 3.26. The summed E-state index contributed by atoms with van der Waals surface area (Å²) in [5.74, 6) is 0. The maximum Gasteiger partial charge on any atom is 0.0700 e. The quantitative estimate of drug-likeness (QED) is 0.544.